The van der Waals surface area contributed by atoms with Crippen molar-refractivity contribution in [3.63, 3.8) is 0 Å². The lowest BCUT2D eigenvalue weighted by atomic mass is 10.1. The molecule has 0 saturated heterocycles. The Balaban J connectivity index is 2.35. The maximum absolute atomic E-state index is 11.7. The smallest absolute Gasteiger partial charge is 0.338 e. The second kappa shape index (κ2) is 7.65. The van der Waals surface area contributed by atoms with Crippen LogP contribution in [0.3, 0.4) is 0 Å². The van der Waals surface area contributed by atoms with Crippen LogP contribution in [0.4, 0.5) is 0 Å². The van der Waals surface area contributed by atoms with E-state index >= 15 is 0 Å². The molecule has 0 heterocycles. The van der Waals surface area contributed by atoms with Crippen molar-refractivity contribution in [2.45, 2.75) is 20.3 Å². The zero-order valence-corrected chi connectivity index (χ0v) is 12.0. The minimum Gasteiger partial charge on any atom is -0.462 e. The van der Waals surface area contributed by atoms with Gasteiger partial charge in [0.25, 0.3) is 0 Å². The largest absolute Gasteiger partial charge is 0.462 e. The van der Waals surface area contributed by atoms with Crippen LogP contribution < -0.4 is 0 Å². The first-order valence-electron chi connectivity index (χ1n) is 5.98. The number of rotatable bonds is 6. The lowest BCUT2D eigenvalue weighted by Crippen LogP contribution is -2.15. The Morgan fingerprint density at radius 2 is 1.80 bits per heavy atom. The Morgan fingerprint density at radius 3 is 2.40 bits per heavy atom. The molecule has 0 saturated carbocycles. The molecule has 0 aliphatic heterocycles. The summed E-state index contributed by atoms with van der Waals surface area (Å²) < 4.78 is 9.64. The van der Waals surface area contributed by atoms with Gasteiger partial charge in [0, 0.05) is 5.02 Å². The molecule has 0 bridgehead atoms. The second-order valence-corrected chi connectivity index (χ2v) is 4.61. The number of benzene rings is 1. The van der Waals surface area contributed by atoms with E-state index in [4.69, 9.17) is 21.1 Å². The fraction of sp³-hybridized carbons (Fsp3) is 0.357. The van der Waals surface area contributed by atoms with Crippen molar-refractivity contribution < 1.29 is 23.9 Å². The predicted molar refractivity (Wildman–Crippen MR) is 72.7 cm³/mol. The summed E-state index contributed by atoms with van der Waals surface area (Å²) in [6.45, 7) is 2.96. The number of ether oxygens (including phenoxy) is 2. The van der Waals surface area contributed by atoms with Crippen LogP contribution in [0, 0.1) is 6.92 Å². The van der Waals surface area contributed by atoms with E-state index in [1.807, 2.05) is 6.92 Å². The standard InChI is InChI=1S/C14H15ClO5/c1-9-3-4-11(8-12(9)15)14(18)20-6-5-19-13(17)7-10(2)16/h3-4,8H,5-7H2,1-2H3. The molecule has 108 valence electrons. The van der Waals surface area contributed by atoms with E-state index in [2.05, 4.69) is 0 Å². The first kappa shape index (κ1) is 16.2. The molecular formula is C14H15ClO5. The molecule has 20 heavy (non-hydrogen) atoms. The summed E-state index contributed by atoms with van der Waals surface area (Å²) in [7, 11) is 0. The lowest BCUT2D eigenvalue weighted by molar-refractivity contribution is -0.146. The van der Waals surface area contributed by atoms with Crippen molar-refractivity contribution in [3.8, 4) is 0 Å². The highest BCUT2D eigenvalue weighted by atomic mass is 35.5. The number of aryl methyl sites for hydroxylation is 1. The van der Waals surface area contributed by atoms with Gasteiger partial charge < -0.3 is 9.47 Å². The van der Waals surface area contributed by atoms with Gasteiger partial charge in [-0.05, 0) is 31.5 Å². The number of hydrogen-bond donors (Lipinski definition) is 0. The monoisotopic (exact) mass is 298 g/mol. The summed E-state index contributed by atoms with van der Waals surface area (Å²) in [5, 5.41) is 0.479. The second-order valence-electron chi connectivity index (χ2n) is 4.20. The van der Waals surface area contributed by atoms with Gasteiger partial charge in [-0.25, -0.2) is 4.79 Å². The van der Waals surface area contributed by atoms with Crippen LogP contribution in [0.25, 0.3) is 0 Å². The van der Waals surface area contributed by atoms with Crippen LogP contribution in [-0.2, 0) is 19.1 Å². The number of carbonyl (C=O) groups excluding carboxylic acids is 3. The number of ketones is 1. The molecule has 0 atom stereocenters. The molecular weight excluding hydrogens is 284 g/mol. The Hall–Kier alpha value is -1.88. The van der Waals surface area contributed by atoms with Gasteiger partial charge in [-0.15, -0.1) is 0 Å². The van der Waals surface area contributed by atoms with Gasteiger partial charge >= 0.3 is 11.9 Å². The Bertz CT molecular complexity index is 524. The molecule has 1 rings (SSSR count). The molecule has 0 unspecified atom stereocenters. The summed E-state index contributed by atoms with van der Waals surface area (Å²) in [5.41, 5.74) is 1.19. The predicted octanol–water partition coefficient (Wildman–Crippen LogP) is 2.33. The number of esters is 2. The van der Waals surface area contributed by atoms with E-state index in [1.165, 1.54) is 13.0 Å². The first-order valence-corrected chi connectivity index (χ1v) is 6.36. The van der Waals surface area contributed by atoms with Crippen LogP contribution in [0.2, 0.25) is 5.02 Å². The minimum atomic E-state index is -0.632. The summed E-state index contributed by atoms with van der Waals surface area (Å²) >= 11 is 5.90. The molecule has 0 aromatic heterocycles. The van der Waals surface area contributed by atoms with Gasteiger partial charge in [0.1, 0.15) is 25.4 Å². The van der Waals surface area contributed by atoms with Gasteiger partial charge in [-0.3, -0.25) is 9.59 Å². The highest BCUT2D eigenvalue weighted by molar-refractivity contribution is 6.31. The SMILES string of the molecule is CC(=O)CC(=O)OCCOC(=O)c1ccc(C)c(Cl)c1. The highest BCUT2D eigenvalue weighted by Gasteiger charge is 2.10. The van der Waals surface area contributed by atoms with Gasteiger partial charge in [0.05, 0.1) is 5.56 Å². The molecule has 0 aliphatic rings. The Morgan fingerprint density at radius 1 is 1.15 bits per heavy atom. The fourth-order valence-electron chi connectivity index (χ4n) is 1.35. The number of carbonyl (C=O) groups is 3. The van der Waals surface area contributed by atoms with Gasteiger partial charge in [0.2, 0.25) is 0 Å². The quantitative estimate of drug-likeness (QED) is 0.458. The van der Waals surface area contributed by atoms with Crippen molar-refractivity contribution in [2.24, 2.45) is 0 Å². The number of halogens is 1. The Labute approximate surface area is 121 Å². The summed E-state index contributed by atoms with van der Waals surface area (Å²) in [6.07, 6.45) is -0.276. The van der Waals surface area contributed by atoms with Gasteiger partial charge in [0.15, 0.2) is 0 Å². The molecule has 0 fully saturated rings. The van der Waals surface area contributed by atoms with Gasteiger partial charge in [-0.1, -0.05) is 17.7 Å². The zero-order chi connectivity index (χ0) is 15.1. The van der Waals surface area contributed by atoms with Crippen molar-refractivity contribution in [2.75, 3.05) is 13.2 Å². The minimum absolute atomic E-state index is 0.0754. The van der Waals surface area contributed by atoms with Crippen LogP contribution in [-0.4, -0.2) is 30.9 Å². The fourth-order valence-corrected chi connectivity index (χ4v) is 1.53. The molecule has 0 radical (unpaired) electrons. The van der Waals surface area contributed by atoms with Crippen LogP contribution in [0.15, 0.2) is 18.2 Å². The normalized spacial score (nSPS) is 9.95. The van der Waals surface area contributed by atoms with Gasteiger partial charge in [-0.2, -0.15) is 0 Å². The first-order chi connectivity index (χ1) is 9.40. The van der Waals surface area contributed by atoms with E-state index in [0.29, 0.717) is 10.6 Å². The van der Waals surface area contributed by atoms with E-state index in [1.54, 1.807) is 12.1 Å². The summed E-state index contributed by atoms with van der Waals surface area (Å²) in [4.78, 5) is 33.3. The van der Waals surface area contributed by atoms with Crippen molar-refractivity contribution in [1.29, 1.82) is 0 Å². The van der Waals surface area contributed by atoms with Crippen LogP contribution in [0.1, 0.15) is 29.3 Å². The third-order valence-electron chi connectivity index (χ3n) is 2.38. The number of hydrogen-bond acceptors (Lipinski definition) is 5. The highest BCUT2D eigenvalue weighted by Crippen LogP contribution is 2.17. The maximum atomic E-state index is 11.7. The number of Topliss-reactive ketones (excluding diaryl/α,β-unsaturated/α-hetero) is 1. The van der Waals surface area contributed by atoms with E-state index in [-0.39, 0.29) is 25.4 Å². The summed E-state index contributed by atoms with van der Waals surface area (Å²) in [6, 6.07) is 4.83. The maximum Gasteiger partial charge on any atom is 0.338 e. The lowest BCUT2D eigenvalue weighted by Gasteiger charge is -2.06. The summed E-state index contributed by atoms with van der Waals surface area (Å²) in [5.74, 6) is -1.46. The van der Waals surface area contributed by atoms with Crippen LogP contribution in [0.5, 0.6) is 0 Å². The third kappa shape index (κ3) is 5.40. The van der Waals surface area contributed by atoms with E-state index in [9.17, 15) is 14.4 Å². The zero-order valence-electron chi connectivity index (χ0n) is 11.3. The molecule has 0 N–H and O–H groups in total. The van der Waals surface area contributed by atoms with E-state index in [0.717, 1.165) is 5.56 Å². The van der Waals surface area contributed by atoms with Crippen LogP contribution >= 0.6 is 11.6 Å². The Kier molecular flexibility index (Phi) is 6.18. The third-order valence-corrected chi connectivity index (χ3v) is 2.79. The van der Waals surface area contributed by atoms with Crippen molar-refractivity contribution in [1.82, 2.24) is 0 Å². The van der Waals surface area contributed by atoms with Crippen molar-refractivity contribution >= 4 is 29.3 Å². The molecule has 0 spiro atoms. The van der Waals surface area contributed by atoms with E-state index < -0.39 is 11.9 Å². The molecule has 6 heteroatoms. The molecule has 1 aromatic carbocycles. The molecule has 0 amide bonds. The molecule has 5 nitrogen and oxygen atoms in total. The average molecular weight is 299 g/mol. The molecule has 1 aromatic rings. The average Bonchev–Trinajstić information content (AvgIpc) is 2.36. The topological polar surface area (TPSA) is 69.7 Å². The molecule has 0 aliphatic carbocycles. The van der Waals surface area contributed by atoms with Crippen molar-refractivity contribution in [3.05, 3.63) is 34.3 Å².